The number of halogens is 2. The van der Waals surface area contributed by atoms with Gasteiger partial charge in [0.15, 0.2) is 0 Å². The van der Waals surface area contributed by atoms with E-state index in [1.165, 1.54) is 11.1 Å². The minimum Gasteiger partial charge on any atom is -0.387 e. The fourth-order valence-electron chi connectivity index (χ4n) is 3.09. The van der Waals surface area contributed by atoms with Crippen molar-refractivity contribution in [1.82, 2.24) is 9.88 Å². The molecule has 6 heteroatoms. The molecule has 0 saturated carbocycles. The molecule has 0 bridgehead atoms. The molecule has 2 heterocycles. The first kappa shape index (κ1) is 15.0. The van der Waals surface area contributed by atoms with Gasteiger partial charge in [-0.15, -0.1) is 0 Å². The number of carbonyl (C=O) groups excluding carboxylic acids is 1. The number of amides is 1. The zero-order valence-electron chi connectivity index (χ0n) is 11.7. The standard InChI is InChI=1S/C15H16BrClN2O2/c1-8-13(16)14(17)11-6-9-2-4-19(12(21)7-20)5-3-10(9)15(11)18-8/h20H,2-7H2,1H3. The Labute approximate surface area is 136 Å². The topological polar surface area (TPSA) is 53.4 Å². The van der Waals surface area contributed by atoms with Crippen LogP contribution in [0.4, 0.5) is 0 Å². The molecule has 0 saturated heterocycles. The van der Waals surface area contributed by atoms with Gasteiger partial charge in [-0.1, -0.05) is 17.2 Å². The number of aryl methyl sites for hydroxylation is 1. The zero-order valence-corrected chi connectivity index (χ0v) is 14.1. The van der Waals surface area contributed by atoms with E-state index in [0.717, 1.165) is 45.7 Å². The van der Waals surface area contributed by atoms with Gasteiger partial charge < -0.3 is 10.0 Å². The lowest BCUT2D eigenvalue weighted by Crippen LogP contribution is -2.34. The van der Waals surface area contributed by atoms with Crippen molar-refractivity contribution < 1.29 is 9.90 Å². The second kappa shape index (κ2) is 5.71. The maximum atomic E-state index is 11.7. The number of carbonyl (C=O) groups is 1. The van der Waals surface area contributed by atoms with Crippen LogP contribution in [0.5, 0.6) is 0 Å². The highest BCUT2D eigenvalue weighted by Gasteiger charge is 2.30. The van der Waals surface area contributed by atoms with Crippen LogP contribution >= 0.6 is 27.5 Å². The molecule has 1 aliphatic heterocycles. The summed E-state index contributed by atoms with van der Waals surface area (Å²) in [5, 5.41) is 9.76. The number of aromatic nitrogens is 1. The number of nitrogens with zero attached hydrogens (tertiary/aromatic N) is 2. The molecule has 1 aromatic heterocycles. The third-order valence-corrected chi connectivity index (χ3v) is 5.86. The van der Waals surface area contributed by atoms with Gasteiger partial charge in [0.05, 0.1) is 20.9 Å². The molecule has 1 aromatic rings. The molecule has 0 aromatic carbocycles. The Balaban J connectivity index is 1.92. The Bertz CT molecular complexity index is 658. The second-order valence-electron chi connectivity index (χ2n) is 5.45. The Morgan fingerprint density at radius 1 is 1.43 bits per heavy atom. The van der Waals surface area contributed by atoms with Gasteiger partial charge >= 0.3 is 0 Å². The van der Waals surface area contributed by atoms with Crippen molar-refractivity contribution in [2.24, 2.45) is 0 Å². The minimum atomic E-state index is -0.419. The lowest BCUT2D eigenvalue weighted by Gasteiger charge is -2.20. The number of hydrogen-bond donors (Lipinski definition) is 1. The van der Waals surface area contributed by atoms with Crippen LogP contribution in [0.2, 0.25) is 5.02 Å². The number of fused-ring (bicyclic) bond motifs is 2. The van der Waals surface area contributed by atoms with Gasteiger partial charge in [-0.3, -0.25) is 9.78 Å². The first-order chi connectivity index (χ1) is 10.0. The summed E-state index contributed by atoms with van der Waals surface area (Å²) in [6.07, 6.45) is 2.42. The van der Waals surface area contributed by atoms with Gasteiger partial charge in [-0.2, -0.15) is 0 Å². The molecule has 1 N–H and O–H groups in total. The molecule has 1 amide bonds. The van der Waals surface area contributed by atoms with Crippen LogP contribution in [0, 0.1) is 6.92 Å². The molecule has 4 nitrogen and oxygen atoms in total. The van der Waals surface area contributed by atoms with Crippen molar-refractivity contribution in [3.8, 4) is 0 Å². The van der Waals surface area contributed by atoms with Crippen LogP contribution < -0.4 is 0 Å². The number of aliphatic hydroxyl groups excluding tert-OH is 1. The predicted molar refractivity (Wildman–Crippen MR) is 85.2 cm³/mol. The largest absolute Gasteiger partial charge is 0.387 e. The maximum Gasteiger partial charge on any atom is 0.248 e. The highest BCUT2D eigenvalue weighted by atomic mass is 79.9. The molecule has 3 rings (SSSR count). The summed E-state index contributed by atoms with van der Waals surface area (Å²) >= 11 is 9.93. The van der Waals surface area contributed by atoms with E-state index in [1.54, 1.807) is 4.90 Å². The smallest absolute Gasteiger partial charge is 0.248 e. The first-order valence-electron chi connectivity index (χ1n) is 6.97. The van der Waals surface area contributed by atoms with Crippen LogP contribution in [0.15, 0.2) is 10.0 Å². The van der Waals surface area contributed by atoms with E-state index in [4.69, 9.17) is 16.7 Å². The van der Waals surface area contributed by atoms with Crippen molar-refractivity contribution in [2.45, 2.75) is 26.2 Å². The lowest BCUT2D eigenvalue weighted by molar-refractivity contribution is -0.134. The summed E-state index contributed by atoms with van der Waals surface area (Å²) in [4.78, 5) is 18.1. The van der Waals surface area contributed by atoms with E-state index in [1.807, 2.05) is 6.92 Å². The van der Waals surface area contributed by atoms with E-state index >= 15 is 0 Å². The molecule has 112 valence electrons. The molecule has 21 heavy (non-hydrogen) atoms. The highest BCUT2D eigenvalue weighted by Crippen LogP contribution is 2.43. The Hall–Kier alpha value is -0.910. The fourth-order valence-corrected chi connectivity index (χ4v) is 3.71. The van der Waals surface area contributed by atoms with E-state index < -0.39 is 6.61 Å². The maximum absolute atomic E-state index is 11.7. The van der Waals surface area contributed by atoms with Gasteiger partial charge in [-0.05, 0) is 47.7 Å². The quantitative estimate of drug-likeness (QED) is 0.826. The summed E-state index contributed by atoms with van der Waals surface area (Å²) in [5.74, 6) is -0.200. The summed E-state index contributed by atoms with van der Waals surface area (Å²) in [5.41, 5.74) is 5.54. The number of rotatable bonds is 1. The van der Waals surface area contributed by atoms with Crippen molar-refractivity contribution in [3.05, 3.63) is 32.0 Å². The molecule has 0 spiro atoms. The molecule has 2 aliphatic rings. The second-order valence-corrected chi connectivity index (χ2v) is 6.62. The predicted octanol–water partition coefficient (Wildman–Crippen LogP) is 2.73. The SMILES string of the molecule is Cc1nc2c(c(Cl)c1Br)CC1=C2CCN(C(=O)CO)CC1. The fraction of sp³-hybridized carbons (Fsp3) is 0.467. The zero-order chi connectivity index (χ0) is 15.1. The molecule has 1 aliphatic carbocycles. The third-order valence-electron chi connectivity index (χ3n) is 4.25. The average molecular weight is 372 g/mol. The minimum absolute atomic E-state index is 0.200. The number of hydrogen-bond acceptors (Lipinski definition) is 3. The molecule has 0 atom stereocenters. The van der Waals surface area contributed by atoms with Crippen molar-refractivity contribution in [2.75, 3.05) is 19.7 Å². The monoisotopic (exact) mass is 370 g/mol. The molecule has 0 unspecified atom stereocenters. The lowest BCUT2D eigenvalue weighted by atomic mass is 10.1. The van der Waals surface area contributed by atoms with Crippen LogP contribution in [-0.4, -0.2) is 40.6 Å². The number of aliphatic hydroxyl groups is 1. The van der Waals surface area contributed by atoms with Gasteiger partial charge in [0.1, 0.15) is 6.61 Å². The first-order valence-corrected chi connectivity index (χ1v) is 8.14. The van der Waals surface area contributed by atoms with E-state index in [0.29, 0.717) is 13.1 Å². The highest BCUT2D eigenvalue weighted by molar-refractivity contribution is 9.10. The van der Waals surface area contributed by atoms with Crippen LogP contribution in [0.3, 0.4) is 0 Å². The normalized spacial score (nSPS) is 17.6. The third kappa shape index (κ3) is 2.51. The summed E-state index contributed by atoms with van der Waals surface area (Å²) in [6.45, 7) is 2.81. The van der Waals surface area contributed by atoms with Crippen molar-refractivity contribution in [1.29, 1.82) is 0 Å². The molecular weight excluding hydrogens is 356 g/mol. The molecule has 0 fully saturated rings. The van der Waals surface area contributed by atoms with E-state index in [2.05, 4.69) is 20.9 Å². The van der Waals surface area contributed by atoms with E-state index in [-0.39, 0.29) is 5.91 Å². The Morgan fingerprint density at radius 3 is 2.86 bits per heavy atom. The van der Waals surface area contributed by atoms with Crippen LogP contribution in [0.1, 0.15) is 29.8 Å². The Kier molecular flexibility index (Phi) is 4.08. The van der Waals surface area contributed by atoms with Gasteiger partial charge in [0.2, 0.25) is 5.91 Å². The number of pyridine rings is 1. The summed E-state index contributed by atoms with van der Waals surface area (Å²) < 4.78 is 0.873. The van der Waals surface area contributed by atoms with Crippen molar-refractivity contribution in [3.63, 3.8) is 0 Å². The molecule has 0 radical (unpaired) electrons. The average Bonchev–Trinajstić information content (AvgIpc) is 2.69. The van der Waals surface area contributed by atoms with Crippen LogP contribution in [0.25, 0.3) is 5.57 Å². The van der Waals surface area contributed by atoms with Gasteiger partial charge in [0, 0.05) is 18.7 Å². The summed E-state index contributed by atoms with van der Waals surface area (Å²) in [7, 11) is 0. The summed E-state index contributed by atoms with van der Waals surface area (Å²) in [6, 6.07) is 0. The van der Waals surface area contributed by atoms with Crippen molar-refractivity contribution >= 4 is 39.0 Å². The van der Waals surface area contributed by atoms with Gasteiger partial charge in [-0.25, -0.2) is 0 Å². The van der Waals surface area contributed by atoms with Gasteiger partial charge in [0.25, 0.3) is 0 Å². The molecular formula is C15H16BrClN2O2. The van der Waals surface area contributed by atoms with E-state index in [9.17, 15) is 4.79 Å². The Morgan fingerprint density at radius 2 is 2.14 bits per heavy atom. The van der Waals surface area contributed by atoms with Crippen LogP contribution in [-0.2, 0) is 11.2 Å².